The highest BCUT2D eigenvalue weighted by Crippen LogP contribution is 2.17. The Morgan fingerprint density at radius 3 is 2.91 bits per heavy atom. The third-order valence-electron chi connectivity index (χ3n) is 3.33. The molecular formula is C16H11FN4O. The number of aromatic nitrogens is 2. The number of rotatable bonds is 2. The standard InChI is InChI=1S/C16H11FN4O/c1-21-9-19-14-7-10(2-5-15(14)21)16(22)20-12-3-4-13(17)11(6-12)8-18/h2-7,9H,1H3,(H,20,22). The number of fused-ring (bicyclic) bond motifs is 1. The molecule has 0 saturated carbocycles. The molecule has 0 saturated heterocycles. The third kappa shape index (κ3) is 2.40. The number of imidazole rings is 1. The number of halogens is 1. The normalized spacial score (nSPS) is 10.4. The molecule has 0 spiro atoms. The van der Waals surface area contributed by atoms with Crippen LogP contribution in [0.5, 0.6) is 0 Å². The average molecular weight is 294 g/mol. The van der Waals surface area contributed by atoms with Crippen LogP contribution in [0.1, 0.15) is 15.9 Å². The van der Waals surface area contributed by atoms with E-state index in [9.17, 15) is 9.18 Å². The summed E-state index contributed by atoms with van der Waals surface area (Å²) in [7, 11) is 1.87. The number of hydrogen-bond acceptors (Lipinski definition) is 3. The van der Waals surface area contributed by atoms with Gasteiger partial charge in [-0.25, -0.2) is 9.37 Å². The first-order valence-corrected chi connectivity index (χ1v) is 6.50. The summed E-state index contributed by atoms with van der Waals surface area (Å²) in [6, 6.07) is 10.8. The second kappa shape index (κ2) is 5.30. The van der Waals surface area contributed by atoms with Crippen molar-refractivity contribution in [3.05, 3.63) is 59.7 Å². The number of nitrogens with zero attached hydrogens (tertiary/aromatic N) is 3. The fraction of sp³-hybridized carbons (Fsp3) is 0.0625. The van der Waals surface area contributed by atoms with Crippen LogP contribution in [0, 0.1) is 17.1 Å². The second-order valence-electron chi connectivity index (χ2n) is 4.82. The molecule has 108 valence electrons. The number of carbonyl (C=O) groups is 1. The number of hydrogen-bond donors (Lipinski definition) is 1. The van der Waals surface area contributed by atoms with Crippen molar-refractivity contribution in [3.63, 3.8) is 0 Å². The first-order valence-electron chi connectivity index (χ1n) is 6.50. The van der Waals surface area contributed by atoms with Crippen molar-refractivity contribution in [2.24, 2.45) is 7.05 Å². The Morgan fingerprint density at radius 2 is 2.14 bits per heavy atom. The van der Waals surface area contributed by atoms with E-state index in [0.29, 0.717) is 16.8 Å². The monoisotopic (exact) mass is 294 g/mol. The quantitative estimate of drug-likeness (QED) is 0.790. The van der Waals surface area contributed by atoms with Gasteiger partial charge in [0.25, 0.3) is 5.91 Å². The van der Waals surface area contributed by atoms with Gasteiger partial charge in [0.1, 0.15) is 11.9 Å². The molecule has 0 aliphatic rings. The fourth-order valence-electron chi connectivity index (χ4n) is 2.17. The highest BCUT2D eigenvalue weighted by Gasteiger charge is 2.10. The Hall–Kier alpha value is -3.20. The lowest BCUT2D eigenvalue weighted by Gasteiger charge is -2.06. The van der Waals surface area contributed by atoms with E-state index in [1.54, 1.807) is 24.5 Å². The van der Waals surface area contributed by atoms with E-state index in [-0.39, 0.29) is 11.5 Å². The molecular weight excluding hydrogens is 283 g/mol. The first-order chi connectivity index (χ1) is 10.6. The van der Waals surface area contributed by atoms with Crippen molar-refractivity contribution in [2.75, 3.05) is 5.32 Å². The number of nitrogens with one attached hydrogen (secondary N) is 1. The lowest BCUT2D eigenvalue weighted by molar-refractivity contribution is 0.102. The van der Waals surface area contributed by atoms with E-state index >= 15 is 0 Å². The van der Waals surface area contributed by atoms with E-state index in [4.69, 9.17) is 5.26 Å². The van der Waals surface area contributed by atoms with Crippen LogP contribution >= 0.6 is 0 Å². The van der Waals surface area contributed by atoms with E-state index in [1.807, 2.05) is 17.7 Å². The van der Waals surface area contributed by atoms with Gasteiger partial charge in [-0.05, 0) is 36.4 Å². The van der Waals surface area contributed by atoms with Crippen molar-refractivity contribution in [1.29, 1.82) is 5.26 Å². The Morgan fingerprint density at radius 1 is 1.32 bits per heavy atom. The van der Waals surface area contributed by atoms with Crippen molar-refractivity contribution in [3.8, 4) is 6.07 Å². The first kappa shape index (κ1) is 13.8. The molecule has 0 atom stereocenters. The average Bonchev–Trinajstić information content (AvgIpc) is 2.90. The smallest absolute Gasteiger partial charge is 0.255 e. The molecule has 1 aromatic heterocycles. The zero-order valence-electron chi connectivity index (χ0n) is 11.7. The van der Waals surface area contributed by atoms with E-state index < -0.39 is 5.82 Å². The number of amides is 1. The molecule has 6 heteroatoms. The molecule has 0 fully saturated rings. The predicted molar refractivity (Wildman–Crippen MR) is 79.8 cm³/mol. The second-order valence-corrected chi connectivity index (χ2v) is 4.82. The number of aryl methyl sites for hydroxylation is 1. The third-order valence-corrected chi connectivity index (χ3v) is 3.33. The molecule has 1 amide bonds. The van der Waals surface area contributed by atoms with E-state index in [0.717, 1.165) is 11.6 Å². The summed E-state index contributed by atoms with van der Waals surface area (Å²) < 4.78 is 15.1. The minimum absolute atomic E-state index is 0.113. The number of carbonyl (C=O) groups excluding carboxylic acids is 1. The van der Waals surface area contributed by atoms with Gasteiger partial charge < -0.3 is 9.88 Å². The number of anilines is 1. The fourth-order valence-corrected chi connectivity index (χ4v) is 2.17. The lowest BCUT2D eigenvalue weighted by Crippen LogP contribution is -2.12. The summed E-state index contributed by atoms with van der Waals surface area (Å²) in [4.78, 5) is 16.4. The summed E-state index contributed by atoms with van der Waals surface area (Å²) in [5, 5.41) is 11.4. The molecule has 3 rings (SSSR count). The molecule has 22 heavy (non-hydrogen) atoms. The van der Waals surface area contributed by atoms with Crippen LogP contribution in [-0.4, -0.2) is 15.5 Å². The number of nitriles is 1. The molecule has 5 nitrogen and oxygen atoms in total. The summed E-state index contributed by atoms with van der Waals surface area (Å²) >= 11 is 0. The maximum atomic E-state index is 13.3. The largest absolute Gasteiger partial charge is 0.334 e. The molecule has 0 radical (unpaired) electrons. The van der Waals surface area contributed by atoms with Gasteiger partial charge in [0.15, 0.2) is 0 Å². The summed E-state index contributed by atoms with van der Waals surface area (Å²) in [6.45, 7) is 0. The lowest BCUT2D eigenvalue weighted by atomic mass is 10.1. The van der Waals surface area contributed by atoms with Gasteiger partial charge in [0.05, 0.1) is 22.9 Å². The SMILES string of the molecule is Cn1cnc2cc(C(=O)Nc3ccc(F)c(C#N)c3)ccc21. The molecule has 0 unspecified atom stereocenters. The van der Waals surface area contributed by atoms with Gasteiger partial charge in [-0.2, -0.15) is 5.26 Å². The van der Waals surface area contributed by atoms with Gasteiger partial charge in [-0.1, -0.05) is 0 Å². The Balaban J connectivity index is 1.88. The van der Waals surface area contributed by atoms with E-state index in [2.05, 4.69) is 10.3 Å². The van der Waals surface area contributed by atoms with Crippen molar-refractivity contribution >= 4 is 22.6 Å². The van der Waals surface area contributed by atoms with Gasteiger partial charge >= 0.3 is 0 Å². The maximum absolute atomic E-state index is 13.3. The van der Waals surface area contributed by atoms with Crippen molar-refractivity contribution in [2.45, 2.75) is 0 Å². The van der Waals surface area contributed by atoms with Crippen LogP contribution < -0.4 is 5.32 Å². The maximum Gasteiger partial charge on any atom is 0.255 e. The van der Waals surface area contributed by atoms with Gasteiger partial charge in [-0.3, -0.25) is 4.79 Å². The molecule has 1 heterocycles. The van der Waals surface area contributed by atoms with Crippen LogP contribution in [0.3, 0.4) is 0 Å². The van der Waals surface area contributed by atoms with Crippen LogP contribution in [0.25, 0.3) is 11.0 Å². The zero-order chi connectivity index (χ0) is 15.7. The predicted octanol–water partition coefficient (Wildman–Crippen LogP) is 2.84. The highest BCUT2D eigenvalue weighted by molar-refractivity contribution is 6.06. The van der Waals surface area contributed by atoms with Crippen LogP contribution in [0.4, 0.5) is 10.1 Å². The highest BCUT2D eigenvalue weighted by atomic mass is 19.1. The van der Waals surface area contributed by atoms with Crippen LogP contribution in [0.15, 0.2) is 42.7 Å². The van der Waals surface area contributed by atoms with Gasteiger partial charge in [0.2, 0.25) is 0 Å². The molecule has 1 N–H and O–H groups in total. The molecule has 0 aliphatic carbocycles. The minimum atomic E-state index is -0.615. The Labute approximate surface area is 125 Å². The van der Waals surface area contributed by atoms with Crippen molar-refractivity contribution < 1.29 is 9.18 Å². The van der Waals surface area contributed by atoms with Crippen LogP contribution in [-0.2, 0) is 7.05 Å². The summed E-state index contributed by atoms with van der Waals surface area (Å²) in [5.74, 6) is -0.960. The molecule has 0 aliphatic heterocycles. The molecule has 2 aromatic carbocycles. The van der Waals surface area contributed by atoms with Gasteiger partial charge in [-0.15, -0.1) is 0 Å². The van der Waals surface area contributed by atoms with Crippen molar-refractivity contribution in [1.82, 2.24) is 9.55 Å². The summed E-state index contributed by atoms with van der Waals surface area (Å²) in [5.41, 5.74) is 2.33. The number of benzene rings is 2. The molecule has 0 bridgehead atoms. The topological polar surface area (TPSA) is 70.7 Å². The Bertz CT molecular complexity index is 924. The zero-order valence-corrected chi connectivity index (χ0v) is 11.7. The minimum Gasteiger partial charge on any atom is -0.334 e. The summed E-state index contributed by atoms with van der Waals surface area (Å²) in [6.07, 6.45) is 1.67. The van der Waals surface area contributed by atoms with E-state index in [1.165, 1.54) is 12.1 Å². The Kier molecular flexibility index (Phi) is 3.31. The van der Waals surface area contributed by atoms with Crippen LogP contribution in [0.2, 0.25) is 0 Å². The van der Waals surface area contributed by atoms with Gasteiger partial charge in [0, 0.05) is 18.3 Å². The molecule has 3 aromatic rings.